The maximum Gasteiger partial charge on any atom is 0.233 e. The SMILES string of the molecule is COc1ccc(C(=O)[C@@H]2[C@@H]3C(=O)NC(=O)[C@H]3[C@@H]3C=Cc4ccccc4N23)cc1Br. The van der Waals surface area contributed by atoms with E-state index in [9.17, 15) is 14.4 Å². The van der Waals surface area contributed by atoms with E-state index in [0.717, 1.165) is 11.3 Å². The van der Waals surface area contributed by atoms with Crippen LogP contribution in [0.4, 0.5) is 5.69 Å². The van der Waals surface area contributed by atoms with Crippen molar-refractivity contribution in [2.75, 3.05) is 12.0 Å². The number of methoxy groups -OCH3 is 1. The summed E-state index contributed by atoms with van der Waals surface area (Å²) in [5, 5.41) is 2.42. The van der Waals surface area contributed by atoms with Crippen LogP contribution >= 0.6 is 15.9 Å². The van der Waals surface area contributed by atoms with Crippen LogP contribution in [-0.2, 0) is 9.59 Å². The minimum absolute atomic E-state index is 0.194. The topological polar surface area (TPSA) is 75.7 Å². The molecule has 0 spiro atoms. The molecule has 0 aromatic heterocycles. The largest absolute Gasteiger partial charge is 0.496 e. The predicted molar refractivity (Wildman–Crippen MR) is 111 cm³/mol. The minimum atomic E-state index is -0.761. The summed E-state index contributed by atoms with van der Waals surface area (Å²) < 4.78 is 5.91. The highest BCUT2D eigenvalue weighted by Gasteiger charge is 2.61. The minimum Gasteiger partial charge on any atom is -0.496 e. The van der Waals surface area contributed by atoms with Crippen molar-refractivity contribution in [3.05, 3.63) is 64.1 Å². The van der Waals surface area contributed by atoms with Gasteiger partial charge in [-0.25, -0.2) is 0 Å². The average molecular weight is 453 g/mol. The van der Waals surface area contributed by atoms with E-state index in [1.165, 1.54) is 0 Å². The second kappa shape index (κ2) is 6.56. The third-order valence-corrected chi connectivity index (χ3v) is 6.58. The number of nitrogens with one attached hydrogen (secondary N) is 1. The van der Waals surface area contributed by atoms with E-state index in [-0.39, 0.29) is 23.6 Å². The molecule has 2 fully saturated rings. The highest BCUT2D eigenvalue weighted by Crippen LogP contribution is 2.47. The lowest BCUT2D eigenvalue weighted by atomic mass is 9.86. The van der Waals surface area contributed by atoms with Crippen LogP contribution in [0.25, 0.3) is 6.08 Å². The quantitative estimate of drug-likeness (QED) is 0.572. The fourth-order valence-electron chi connectivity index (χ4n) is 4.72. The number of benzene rings is 2. The van der Waals surface area contributed by atoms with Crippen LogP contribution in [0.3, 0.4) is 0 Å². The van der Waals surface area contributed by atoms with Crippen LogP contribution in [0.5, 0.6) is 5.75 Å². The molecule has 146 valence electrons. The second-order valence-corrected chi connectivity index (χ2v) is 8.23. The molecule has 1 N–H and O–H groups in total. The van der Waals surface area contributed by atoms with Gasteiger partial charge in [0.25, 0.3) is 0 Å². The van der Waals surface area contributed by atoms with Gasteiger partial charge in [-0.1, -0.05) is 30.4 Å². The number of fused-ring (bicyclic) bond motifs is 5. The number of halogens is 1. The number of imide groups is 1. The summed E-state index contributed by atoms with van der Waals surface area (Å²) in [4.78, 5) is 40.8. The molecule has 6 nitrogen and oxygen atoms in total. The lowest BCUT2D eigenvalue weighted by Gasteiger charge is -2.35. The Morgan fingerprint density at radius 1 is 1.10 bits per heavy atom. The number of carbonyl (C=O) groups excluding carboxylic acids is 3. The number of ether oxygens (including phenoxy) is 1. The van der Waals surface area contributed by atoms with Crippen molar-refractivity contribution in [3.63, 3.8) is 0 Å². The molecule has 5 rings (SSSR count). The van der Waals surface area contributed by atoms with Crippen molar-refractivity contribution >= 4 is 45.3 Å². The molecular weight excluding hydrogens is 436 g/mol. The van der Waals surface area contributed by atoms with Gasteiger partial charge in [-0.15, -0.1) is 0 Å². The van der Waals surface area contributed by atoms with E-state index in [2.05, 4.69) is 21.2 Å². The van der Waals surface area contributed by atoms with E-state index in [4.69, 9.17) is 4.74 Å². The first kappa shape index (κ1) is 18.1. The zero-order valence-electron chi connectivity index (χ0n) is 15.5. The molecule has 0 aliphatic carbocycles. The van der Waals surface area contributed by atoms with E-state index in [1.807, 2.05) is 41.3 Å². The van der Waals surface area contributed by atoms with Gasteiger partial charge in [-0.2, -0.15) is 0 Å². The molecule has 7 heteroatoms. The Morgan fingerprint density at radius 3 is 2.62 bits per heavy atom. The van der Waals surface area contributed by atoms with E-state index in [0.29, 0.717) is 15.8 Å². The monoisotopic (exact) mass is 452 g/mol. The molecule has 2 amide bonds. The molecule has 2 saturated heterocycles. The van der Waals surface area contributed by atoms with Crippen molar-refractivity contribution in [3.8, 4) is 5.75 Å². The standard InChI is InChI=1S/C22H17BrN2O4/c1-29-16-9-7-12(10-13(16)23)20(26)19-18-17(21(27)24-22(18)28)15-8-6-11-4-2-3-5-14(11)25(15)19/h2-10,15,17-19H,1H3,(H,24,27,28)/t15-,17-,18+,19-/m0/s1. The molecule has 3 aliphatic heterocycles. The summed E-state index contributed by atoms with van der Waals surface area (Å²) in [6.45, 7) is 0. The Morgan fingerprint density at radius 2 is 1.86 bits per heavy atom. The van der Waals surface area contributed by atoms with Gasteiger partial charge in [0.15, 0.2) is 5.78 Å². The zero-order valence-corrected chi connectivity index (χ0v) is 17.0. The first-order chi connectivity index (χ1) is 14.0. The van der Waals surface area contributed by atoms with Gasteiger partial charge in [0.1, 0.15) is 11.8 Å². The molecule has 2 aromatic carbocycles. The summed E-state index contributed by atoms with van der Waals surface area (Å²) in [6.07, 6.45) is 3.88. The van der Waals surface area contributed by atoms with Crippen LogP contribution in [0.15, 0.2) is 53.0 Å². The first-order valence-electron chi connectivity index (χ1n) is 9.29. The lowest BCUT2D eigenvalue weighted by Crippen LogP contribution is -2.47. The second-order valence-electron chi connectivity index (χ2n) is 7.38. The van der Waals surface area contributed by atoms with Crippen LogP contribution in [-0.4, -0.2) is 36.8 Å². The summed E-state index contributed by atoms with van der Waals surface area (Å²) in [6, 6.07) is 11.7. The molecule has 29 heavy (non-hydrogen) atoms. The maximum absolute atomic E-state index is 13.6. The Kier molecular flexibility index (Phi) is 4.10. The third-order valence-electron chi connectivity index (χ3n) is 5.96. The average Bonchev–Trinajstić information content (AvgIpc) is 3.22. The summed E-state index contributed by atoms with van der Waals surface area (Å²) in [5.41, 5.74) is 2.28. The summed E-state index contributed by atoms with van der Waals surface area (Å²) in [5.74, 6) is -1.58. The molecule has 0 unspecified atom stereocenters. The molecule has 3 heterocycles. The molecule has 3 aliphatic rings. The van der Waals surface area contributed by atoms with Gasteiger partial charge in [0, 0.05) is 11.3 Å². The number of hydrogen-bond acceptors (Lipinski definition) is 5. The van der Waals surface area contributed by atoms with E-state index >= 15 is 0 Å². The highest BCUT2D eigenvalue weighted by atomic mass is 79.9. The Bertz CT molecular complexity index is 1100. The number of carbonyl (C=O) groups is 3. The zero-order chi connectivity index (χ0) is 20.3. The van der Waals surface area contributed by atoms with Gasteiger partial charge in [-0.05, 0) is 45.8 Å². The Labute approximate surface area is 175 Å². The van der Waals surface area contributed by atoms with Crippen molar-refractivity contribution < 1.29 is 19.1 Å². The number of anilines is 1. The van der Waals surface area contributed by atoms with E-state index < -0.39 is 17.9 Å². The predicted octanol–water partition coefficient (Wildman–Crippen LogP) is 2.81. The summed E-state index contributed by atoms with van der Waals surface area (Å²) >= 11 is 3.42. The van der Waals surface area contributed by atoms with Gasteiger partial charge in [0.2, 0.25) is 11.8 Å². The van der Waals surface area contributed by atoms with Gasteiger partial charge in [0.05, 0.1) is 29.5 Å². The fourth-order valence-corrected chi connectivity index (χ4v) is 5.26. The third kappa shape index (κ3) is 2.57. The Hall–Kier alpha value is -2.93. The molecular formula is C22H17BrN2O4. The number of amides is 2. The van der Waals surface area contributed by atoms with Gasteiger partial charge in [-0.3, -0.25) is 19.7 Å². The lowest BCUT2D eigenvalue weighted by molar-refractivity contribution is -0.126. The first-order valence-corrected chi connectivity index (χ1v) is 10.1. The fraction of sp³-hybridized carbons (Fsp3) is 0.227. The summed E-state index contributed by atoms with van der Waals surface area (Å²) in [7, 11) is 1.55. The highest BCUT2D eigenvalue weighted by molar-refractivity contribution is 9.10. The number of hydrogen-bond donors (Lipinski definition) is 1. The van der Waals surface area contributed by atoms with Crippen LogP contribution < -0.4 is 15.0 Å². The molecule has 2 aromatic rings. The van der Waals surface area contributed by atoms with Gasteiger partial charge >= 0.3 is 0 Å². The number of para-hydroxylation sites is 1. The number of ketones is 1. The van der Waals surface area contributed by atoms with Crippen molar-refractivity contribution in [1.82, 2.24) is 5.32 Å². The van der Waals surface area contributed by atoms with E-state index in [1.54, 1.807) is 25.3 Å². The number of rotatable bonds is 3. The van der Waals surface area contributed by atoms with Crippen molar-refractivity contribution in [1.29, 1.82) is 0 Å². The van der Waals surface area contributed by atoms with Crippen LogP contribution in [0.2, 0.25) is 0 Å². The molecule has 4 atom stereocenters. The molecule has 0 radical (unpaired) electrons. The number of nitrogens with zero attached hydrogens (tertiary/aromatic N) is 1. The van der Waals surface area contributed by atoms with Crippen molar-refractivity contribution in [2.45, 2.75) is 12.1 Å². The Balaban J connectivity index is 1.64. The maximum atomic E-state index is 13.6. The smallest absolute Gasteiger partial charge is 0.233 e. The van der Waals surface area contributed by atoms with Crippen LogP contribution in [0, 0.1) is 11.8 Å². The van der Waals surface area contributed by atoms with Gasteiger partial charge < -0.3 is 9.64 Å². The number of Topliss-reactive ketones (excluding diaryl/α,β-unsaturated/α-hetero) is 1. The normalized spacial score (nSPS) is 26.6. The molecule has 0 bridgehead atoms. The van der Waals surface area contributed by atoms with Crippen LogP contribution in [0.1, 0.15) is 15.9 Å². The molecule has 0 saturated carbocycles. The van der Waals surface area contributed by atoms with Crippen molar-refractivity contribution in [2.24, 2.45) is 11.8 Å².